The lowest BCUT2D eigenvalue weighted by atomic mass is 9.86. The second-order valence-electron chi connectivity index (χ2n) is 6.80. The lowest BCUT2D eigenvalue weighted by molar-refractivity contribution is 0.0858. The van der Waals surface area contributed by atoms with E-state index in [1.807, 2.05) is 75.5 Å². The fourth-order valence-electron chi connectivity index (χ4n) is 2.37. The molecule has 3 aromatic rings. The molecule has 0 bridgehead atoms. The van der Waals surface area contributed by atoms with Crippen molar-refractivity contribution in [1.29, 1.82) is 0 Å². The average Bonchev–Trinajstić information content (AvgIpc) is 3.04. The Kier molecular flexibility index (Phi) is 3.93. The van der Waals surface area contributed by atoms with Crippen LogP contribution in [0.25, 0.3) is 16.9 Å². The summed E-state index contributed by atoms with van der Waals surface area (Å²) in [6.07, 6.45) is 1.85. The lowest BCUT2D eigenvalue weighted by Crippen LogP contribution is -2.19. The standard InChI is InChI=1S/C19H20N4O/c1-19(2,3)18(24)14-6-4-13(5-7-14)17-12-23(22-21-17)16-10-8-15(20)9-11-16/h4-12H,20H2,1-3H3. The maximum Gasteiger partial charge on any atom is 0.168 e. The van der Waals surface area contributed by atoms with Crippen molar-refractivity contribution in [3.05, 3.63) is 60.3 Å². The van der Waals surface area contributed by atoms with Gasteiger partial charge in [0.05, 0.1) is 11.9 Å². The van der Waals surface area contributed by atoms with Gasteiger partial charge in [-0.1, -0.05) is 50.3 Å². The Morgan fingerprint density at radius 3 is 2.21 bits per heavy atom. The van der Waals surface area contributed by atoms with E-state index in [0.29, 0.717) is 11.3 Å². The van der Waals surface area contributed by atoms with E-state index < -0.39 is 0 Å². The lowest BCUT2D eigenvalue weighted by Gasteiger charge is -2.16. The molecule has 5 nitrogen and oxygen atoms in total. The van der Waals surface area contributed by atoms with Crippen molar-refractivity contribution in [3.8, 4) is 16.9 Å². The second kappa shape index (κ2) is 5.92. The highest BCUT2D eigenvalue weighted by Crippen LogP contribution is 2.23. The maximum absolute atomic E-state index is 12.3. The van der Waals surface area contributed by atoms with Gasteiger partial charge in [-0.15, -0.1) is 5.10 Å². The van der Waals surface area contributed by atoms with E-state index in [0.717, 1.165) is 16.9 Å². The van der Waals surface area contributed by atoms with E-state index in [1.165, 1.54) is 0 Å². The number of carbonyl (C=O) groups excluding carboxylic acids is 1. The summed E-state index contributed by atoms with van der Waals surface area (Å²) < 4.78 is 1.70. The van der Waals surface area contributed by atoms with E-state index in [2.05, 4.69) is 10.3 Å². The molecule has 0 aliphatic rings. The summed E-state index contributed by atoms with van der Waals surface area (Å²) in [5.41, 5.74) is 9.28. The average molecular weight is 320 g/mol. The number of hydrogen-bond acceptors (Lipinski definition) is 4. The predicted molar refractivity (Wildman–Crippen MR) is 95.0 cm³/mol. The number of ketones is 1. The molecule has 1 heterocycles. The van der Waals surface area contributed by atoms with E-state index in [-0.39, 0.29) is 11.2 Å². The number of anilines is 1. The Labute approximate surface area is 141 Å². The van der Waals surface area contributed by atoms with Gasteiger partial charge in [0.25, 0.3) is 0 Å². The second-order valence-corrected chi connectivity index (χ2v) is 6.80. The smallest absolute Gasteiger partial charge is 0.168 e. The normalized spacial score (nSPS) is 11.5. The largest absolute Gasteiger partial charge is 0.399 e. The van der Waals surface area contributed by atoms with Gasteiger partial charge in [0.1, 0.15) is 5.69 Å². The van der Waals surface area contributed by atoms with Gasteiger partial charge in [-0.05, 0) is 24.3 Å². The first kappa shape index (κ1) is 15.9. The number of benzene rings is 2. The molecule has 0 saturated heterocycles. The van der Waals surface area contributed by atoms with E-state index in [1.54, 1.807) is 4.68 Å². The first-order valence-electron chi connectivity index (χ1n) is 7.78. The van der Waals surface area contributed by atoms with Crippen LogP contribution >= 0.6 is 0 Å². The van der Waals surface area contributed by atoms with Gasteiger partial charge in [-0.2, -0.15) is 0 Å². The quantitative estimate of drug-likeness (QED) is 0.589. The third-order valence-corrected chi connectivity index (χ3v) is 3.78. The summed E-state index contributed by atoms with van der Waals surface area (Å²) in [4.78, 5) is 12.3. The number of Topliss-reactive ketones (excluding diaryl/α,β-unsaturated/α-hetero) is 1. The van der Waals surface area contributed by atoms with Crippen LogP contribution in [0.4, 0.5) is 5.69 Å². The van der Waals surface area contributed by atoms with Crippen molar-refractivity contribution in [2.24, 2.45) is 5.41 Å². The highest BCUT2D eigenvalue weighted by Gasteiger charge is 2.22. The summed E-state index contributed by atoms with van der Waals surface area (Å²) in [5, 5.41) is 8.35. The summed E-state index contributed by atoms with van der Waals surface area (Å²) in [6.45, 7) is 5.75. The van der Waals surface area contributed by atoms with Crippen molar-refractivity contribution in [3.63, 3.8) is 0 Å². The maximum atomic E-state index is 12.3. The van der Waals surface area contributed by atoms with Crippen molar-refractivity contribution in [1.82, 2.24) is 15.0 Å². The van der Waals surface area contributed by atoms with Crippen molar-refractivity contribution >= 4 is 11.5 Å². The highest BCUT2D eigenvalue weighted by atomic mass is 16.1. The first-order chi connectivity index (χ1) is 11.3. The van der Waals surface area contributed by atoms with Crippen LogP contribution in [-0.4, -0.2) is 20.8 Å². The highest BCUT2D eigenvalue weighted by molar-refractivity contribution is 6.00. The van der Waals surface area contributed by atoms with Crippen molar-refractivity contribution < 1.29 is 4.79 Å². The molecule has 0 fully saturated rings. The predicted octanol–water partition coefficient (Wildman–Crippen LogP) is 3.75. The number of carbonyl (C=O) groups is 1. The van der Waals surface area contributed by atoms with Gasteiger partial charge in [0, 0.05) is 22.2 Å². The zero-order valence-electron chi connectivity index (χ0n) is 14.0. The summed E-state index contributed by atoms with van der Waals surface area (Å²) in [5.74, 6) is 0.125. The van der Waals surface area contributed by atoms with Gasteiger partial charge in [-0.25, -0.2) is 4.68 Å². The molecule has 1 aromatic heterocycles. The molecule has 2 N–H and O–H groups in total. The Bertz CT molecular complexity index is 856. The molecule has 2 aromatic carbocycles. The van der Waals surface area contributed by atoms with Gasteiger partial charge >= 0.3 is 0 Å². The van der Waals surface area contributed by atoms with Crippen LogP contribution in [0, 0.1) is 5.41 Å². The monoisotopic (exact) mass is 320 g/mol. The van der Waals surface area contributed by atoms with E-state index in [9.17, 15) is 4.79 Å². The van der Waals surface area contributed by atoms with Crippen molar-refractivity contribution in [2.45, 2.75) is 20.8 Å². The minimum atomic E-state index is -0.389. The summed E-state index contributed by atoms with van der Waals surface area (Å²) >= 11 is 0. The number of hydrogen-bond donors (Lipinski definition) is 1. The Morgan fingerprint density at radius 2 is 1.62 bits per heavy atom. The minimum absolute atomic E-state index is 0.125. The van der Waals surface area contributed by atoms with Crippen LogP contribution in [0.3, 0.4) is 0 Å². The fraction of sp³-hybridized carbons (Fsp3) is 0.211. The van der Waals surface area contributed by atoms with Crippen LogP contribution in [-0.2, 0) is 0 Å². The number of rotatable bonds is 3. The van der Waals surface area contributed by atoms with Crippen LogP contribution in [0.1, 0.15) is 31.1 Å². The van der Waals surface area contributed by atoms with Gasteiger partial charge in [0.15, 0.2) is 5.78 Å². The summed E-state index contributed by atoms with van der Waals surface area (Å²) in [6, 6.07) is 14.9. The molecular weight excluding hydrogens is 300 g/mol. The van der Waals surface area contributed by atoms with Crippen LogP contribution in [0.2, 0.25) is 0 Å². The molecule has 0 amide bonds. The molecule has 0 spiro atoms. The molecule has 0 aliphatic carbocycles. The van der Waals surface area contributed by atoms with Crippen LogP contribution < -0.4 is 5.73 Å². The molecule has 122 valence electrons. The molecule has 0 atom stereocenters. The van der Waals surface area contributed by atoms with Crippen LogP contribution in [0.5, 0.6) is 0 Å². The Morgan fingerprint density at radius 1 is 1.00 bits per heavy atom. The van der Waals surface area contributed by atoms with E-state index >= 15 is 0 Å². The molecule has 24 heavy (non-hydrogen) atoms. The summed E-state index contributed by atoms with van der Waals surface area (Å²) in [7, 11) is 0. The molecular formula is C19H20N4O. The zero-order chi connectivity index (χ0) is 17.3. The molecule has 0 radical (unpaired) electrons. The third kappa shape index (κ3) is 3.20. The topological polar surface area (TPSA) is 73.8 Å². The Balaban J connectivity index is 1.85. The number of nitrogens with zero attached hydrogens (tertiary/aromatic N) is 3. The number of nitrogens with two attached hydrogens (primary N) is 1. The molecule has 3 rings (SSSR count). The molecule has 0 aliphatic heterocycles. The minimum Gasteiger partial charge on any atom is -0.399 e. The van der Waals surface area contributed by atoms with Gasteiger partial charge in [-0.3, -0.25) is 4.79 Å². The molecule has 0 unspecified atom stereocenters. The first-order valence-corrected chi connectivity index (χ1v) is 7.78. The number of aromatic nitrogens is 3. The van der Waals surface area contributed by atoms with Gasteiger partial charge in [0.2, 0.25) is 0 Å². The molecule has 0 saturated carbocycles. The fourth-order valence-corrected chi connectivity index (χ4v) is 2.37. The van der Waals surface area contributed by atoms with Crippen molar-refractivity contribution in [2.75, 3.05) is 5.73 Å². The van der Waals surface area contributed by atoms with E-state index in [4.69, 9.17) is 5.73 Å². The van der Waals surface area contributed by atoms with Crippen LogP contribution in [0.15, 0.2) is 54.7 Å². The SMILES string of the molecule is CC(C)(C)C(=O)c1ccc(-c2cn(-c3ccc(N)cc3)nn2)cc1. The molecule has 5 heteroatoms. The third-order valence-electron chi connectivity index (χ3n) is 3.78. The Hall–Kier alpha value is -2.95. The van der Waals surface area contributed by atoms with Gasteiger partial charge < -0.3 is 5.73 Å². The number of nitrogen functional groups attached to an aromatic ring is 1. The zero-order valence-corrected chi connectivity index (χ0v) is 14.0.